The number of aryl methyl sites for hydroxylation is 1. The lowest BCUT2D eigenvalue weighted by Gasteiger charge is -2.24. The first-order valence-electron chi connectivity index (χ1n) is 8.85. The highest BCUT2D eigenvalue weighted by molar-refractivity contribution is 7.92. The third-order valence-electron chi connectivity index (χ3n) is 4.63. The van der Waals surface area contributed by atoms with E-state index in [0.29, 0.717) is 5.69 Å². The number of rotatable bonds is 7. The summed E-state index contributed by atoms with van der Waals surface area (Å²) in [6.07, 6.45) is 1.30. The maximum atomic E-state index is 14.3. The van der Waals surface area contributed by atoms with Gasteiger partial charge in [0.2, 0.25) is 5.88 Å². The van der Waals surface area contributed by atoms with E-state index < -0.39 is 32.1 Å². The Hall–Kier alpha value is -3.08. The predicted molar refractivity (Wildman–Crippen MR) is 112 cm³/mol. The summed E-state index contributed by atoms with van der Waals surface area (Å²) in [5.41, 5.74) is 6.22. The molecule has 3 N–H and O–H groups in total. The van der Waals surface area contributed by atoms with Crippen molar-refractivity contribution in [2.24, 2.45) is 10.7 Å². The van der Waals surface area contributed by atoms with Crippen molar-refractivity contribution < 1.29 is 22.3 Å². The van der Waals surface area contributed by atoms with Gasteiger partial charge in [0, 0.05) is 18.3 Å². The predicted octanol–water partition coefficient (Wildman–Crippen LogP) is 1.87. The standard InChI is InChI=1S/C19H24FN5O4S/c1-11-16(23-9-15(24-11)29-5)17(26)25-13-6-7-14(20)12(8-13)10-30(27,28)19(2,3)18(21)22-4/h6-9H,10H2,1-5H3,(H2,21,22)(H,25,26). The second-order valence-electron chi connectivity index (χ2n) is 6.98. The minimum Gasteiger partial charge on any atom is -0.480 e. The number of hydrogen-bond acceptors (Lipinski definition) is 7. The zero-order valence-electron chi connectivity index (χ0n) is 17.4. The second-order valence-corrected chi connectivity index (χ2v) is 9.52. The summed E-state index contributed by atoms with van der Waals surface area (Å²) < 4.78 is 43.4. The molecule has 0 spiro atoms. The molecule has 1 aromatic carbocycles. The van der Waals surface area contributed by atoms with E-state index in [1.165, 1.54) is 46.3 Å². The quantitative estimate of drug-likeness (QED) is 0.498. The van der Waals surface area contributed by atoms with Gasteiger partial charge in [-0.2, -0.15) is 0 Å². The number of aromatic nitrogens is 2. The Kier molecular flexibility index (Phi) is 6.76. The van der Waals surface area contributed by atoms with Crippen molar-refractivity contribution in [1.29, 1.82) is 0 Å². The van der Waals surface area contributed by atoms with Crippen LogP contribution in [0.4, 0.5) is 10.1 Å². The van der Waals surface area contributed by atoms with Crippen LogP contribution in [0, 0.1) is 12.7 Å². The first kappa shape index (κ1) is 23.2. The van der Waals surface area contributed by atoms with Gasteiger partial charge in [-0.1, -0.05) is 0 Å². The number of nitrogens with two attached hydrogens (primary N) is 1. The van der Waals surface area contributed by atoms with Gasteiger partial charge in [-0.15, -0.1) is 0 Å². The average Bonchev–Trinajstić information content (AvgIpc) is 2.69. The fourth-order valence-corrected chi connectivity index (χ4v) is 3.95. The minimum atomic E-state index is -3.90. The number of halogens is 1. The highest BCUT2D eigenvalue weighted by Crippen LogP contribution is 2.25. The van der Waals surface area contributed by atoms with Gasteiger partial charge in [0.05, 0.1) is 24.8 Å². The molecule has 0 bridgehead atoms. The first-order chi connectivity index (χ1) is 13.9. The molecule has 0 atom stereocenters. The van der Waals surface area contributed by atoms with E-state index in [1.54, 1.807) is 6.92 Å². The van der Waals surface area contributed by atoms with E-state index in [-0.39, 0.29) is 28.7 Å². The van der Waals surface area contributed by atoms with Crippen molar-refractivity contribution in [2.75, 3.05) is 19.5 Å². The molecule has 0 unspecified atom stereocenters. The lowest BCUT2D eigenvalue weighted by Crippen LogP contribution is -2.46. The number of hydrogen-bond donors (Lipinski definition) is 2. The Morgan fingerprint density at radius 2 is 2.03 bits per heavy atom. The molecule has 0 aliphatic heterocycles. The smallest absolute Gasteiger partial charge is 0.276 e. The molecule has 1 amide bonds. The average molecular weight is 437 g/mol. The number of amidine groups is 1. The molecule has 2 aromatic rings. The molecule has 1 heterocycles. The third kappa shape index (κ3) is 4.73. The van der Waals surface area contributed by atoms with Crippen LogP contribution in [0.5, 0.6) is 5.88 Å². The number of amides is 1. The van der Waals surface area contributed by atoms with Gasteiger partial charge in [0.15, 0.2) is 9.84 Å². The summed E-state index contributed by atoms with van der Waals surface area (Å²) in [5, 5.41) is 2.57. The molecule has 0 saturated carbocycles. The van der Waals surface area contributed by atoms with Crippen LogP contribution in [-0.2, 0) is 15.6 Å². The van der Waals surface area contributed by atoms with Crippen LogP contribution in [0.2, 0.25) is 0 Å². The monoisotopic (exact) mass is 437 g/mol. The first-order valence-corrected chi connectivity index (χ1v) is 10.5. The maximum absolute atomic E-state index is 14.3. The molecule has 0 fully saturated rings. The molecule has 2 rings (SSSR count). The summed E-state index contributed by atoms with van der Waals surface area (Å²) in [6, 6.07) is 3.66. The fraction of sp³-hybridized carbons (Fsp3) is 0.368. The number of carbonyl (C=O) groups excluding carboxylic acids is 1. The summed E-state index contributed by atoms with van der Waals surface area (Å²) in [5.74, 6) is -1.74. The number of ether oxygens (including phenoxy) is 1. The summed E-state index contributed by atoms with van der Waals surface area (Å²) in [7, 11) is -1.09. The van der Waals surface area contributed by atoms with Crippen molar-refractivity contribution in [3.05, 3.63) is 47.2 Å². The number of anilines is 1. The molecular weight excluding hydrogens is 413 g/mol. The van der Waals surface area contributed by atoms with Gasteiger partial charge in [-0.05, 0) is 39.0 Å². The second kappa shape index (κ2) is 8.74. The van der Waals surface area contributed by atoms with E-state index in [0.717, 1.165) is 6.07 Å². The fourth-order valence-electron chi connectivity index (χ4n) is 2.55. The normalized spacial score (nSPS) is 12.5. The molecule has 9 nitrogen and oxygen atoms in total. The van der Waals surface area contributed by atoms with Gasteiger partial charge in [0.25, 0.3) is 5.91 Å². The number of sulfone groups is 1. The molecule has 0 aliphatic carbocycles. The van der Waals surface area contributed by atoms with Crippen molar-refractivity contribution in [1.82, 2.24) is 9.97 Å². The van der Waals surface area contributed by atoms with Gasteiger partial charge in [0.1, 0.15) is 22.1 Å². The Labute approximate surface area is 174 Å². The number of nitrogens with one attached hydrogen (secondary N) is 1. The molecular formula is C19H24FN5O4S. The summed E-state index contributed by atoms with van der Waals surface area (Å²) in [4.78, 5) is 24.3. The van der Waals surface area contributed by atoms with Crippen molar-refractivity contribution in [3.63, 3.8) is 0 Å². The van der Waals surface area contributed by atoms with Gasteiger partial charge >= 0.3 is 0 Å². The van der Waals surface area contributed by atoms with Crippen LogP contribution in [-0.4, -0.2) is 49.0 Å². The van der Waals surface area contributed by atoms with Gasteiger partial charge in [-0.25, -0.2) is 22.8 Å². The molecule has 0 saturated heterocycles. The van der Waals surface area contributed by atoms with Crippen molar-refractivity contribution in [2.45, 2.75) is 31.3 Å². The molecule has 162 valence electrons. The van der Waals surface area contributed by atoms with Crippen LogP contribution in [0.25, 0.3) is 0 Å². The number of aliphatic imine (C=N–C) groups is 1. The Balaban J connectivity index is 2.30. The number of methoxy groups -OCH3 is 1. The maximum Gasteiger partial charge on any atom is 0.276 e. The van der Waals surface area contributed by atoms with Crippen LogP contribution in [0.3, 0.4) is 0 Å². The van der Waals surface area contributed by atoms with Gasteiger partial charge in [-0.3, -0.25) is 9.79 Å². The van der Waals surface area contributed by atoms with Gasteiger partial charge < -0.3 is 15.8 Å². The highest BCUT2D eigenvalue weighted by atomic mass is 32.2. The molecule has 30 heavy (non-hydrogen) atoms. The SMILES string of the molecule is CN=C(N)C(C)(C)S(=O)(=O)Cc1cc(NC(=O)c2ncc(OC)nc2C)ccc1F. The largest absolute Gasteiger partial charge is 0.480 e. The lowest BCUT2D eigenvalue weighted by atomic mass is 10.2. The highest BCUT2D eigenvalue weighted by Gasteiger charge is 2.38. The minimum absolute atomic E-state index is 0.0577. The molecule has 1 aromatic heterocycles. The molecule has 0 aliphatic rings. The lowest BCUT2D eigenvalue weighted by molar-refractivity contribution is 0.102. The summed E-state index contributed by atoms with van der Waals surface area (Å²) >= 11 is 0. The Morgan fingerprint density at radius 1 is 1.37 bits per heavy atom. The van der Waals surface area contributed by atoms with Crippen LogP contribution < -0.4 is 15.8 Å². The number of nitrogens with zero attached hydrogens (tertiary/aromatic N) is 3. The molecule has 0 radical (unpaired) electrons. The zero-order chi connectivity index (χ0) is 22.7. The topological polar surface area (TPSA) is 137 Å². The van der Waals surface area contributed by atoms with Crippen LogP contribution in [0.1, 0.15) is 35.6 Å². The van der Waals surface area contributed by atoms with E-state index in [9.17, 15) is 17.6 Å². The van der Waals surface area contributed by atoms with E-state index in [4.69, 9.17) is 10.5 Å². The zero-order valence-corrected chi connectivity index (χ0v) is 18.2. The van der Waals surface area contributed by atoms with Crippen LogP contribution >= 0.6 is 0 Å². The van der Waals surface area contributed by atoms with Crippen molar-refractivity contribution in [3.8, 4) is 5.88 Å². The third-order valence-corrected chi connectivity index (χ3v) is 7.09. The number of benzene rings is 1. The van der Waals surface area contributed by atoms with Crippen molar-refractivity contribution >= 4 is 27.3 Å². The summed E-state index contributed by atoms with van der Waals surface area (Å²) in [6.45, 7) is 4.40. The van der Waals surface area contributed by atoms with E-state index >= 15 is 0 Å². The molecule has 11 heteroatoms. The Bertz CT molecular complexity index is 1100. The van der Waals surface area contributed by atoms with E-state index in [1.807, 2.05) is 0 Å². The van der Waals surface area contributed by atoms with Crippen LogP contribution in [0.15, 0.2) is 29.4 Å². The number of carbonyl (C=O) groups is 1. The van der Waals surface area contributed by atoms with E-state index in [2.05, 4.69) is 20.3 Å². The Morgan fingerprint density at radius 3 is 2.60 bits per heavy atom.